The molecule has 0 radical (unpaired) electrons. The lowest BCUT2D eigenvalue weighted by molar-refractivity contribution is 0.214. The molecule has 2 N–H and O–H groups in total. The van der Waals surface area contributed by atoms with Gasteiger partial charge in [-0.3, -0.25) is 0 Å². The van der Waals surface area contributed by atoms with Crippen LogP contribution in [-0.2, 0) is 10.2 Å². The van der Waals surface area contributed by atoms with Gasteiger partial charge in [-0.05, 0) is 13.5 Å². The number of nitrogens with zero attached hydrogens (tertiary/aromatic N) is 3. The van der Waals surface area contributed by atoms with Gasteiger partial charge >= 0.3 is 0 Å². The third-order valence-electron chi connectivity index (χ3n) is 3.30. The van der Waals surface area contributed by atoms with Gasteiger partial charge in [-0.15, -0.1) is 0 Å². The van der Waals surface area contributed by atoms with Crippen LogP contribution >= 0.6 is 0 Å². The third kappa shape index (κ3) is 2.38. The summed E-state index contributed by atoms with van der Waals surface area (Å²) in [6.45, 7) is 3.82. The number of nitrogens with two attached hydrogens (primary N) is 1. The molecule has 2 aliphatic rings. The Morgan fingerprint density at radius 2 is 1.69 bits per heavy atom. The van der Waals surface area contributed by atoms with Crippen LogP contribution in [0.4, 0.5) is 0 Å². The van der Waals surface area contributed by atoms with Crippen molar-refractivity contribution in [3.8, 4) is 0 Å². The first-order valence-corrected chi connectivity index (χ1v) is 7.09. The maximum atomic E-state index is 12.2. The van der Waals surface area contributed by atoms with E-state index in [9.17, 15) is 8.42 Å². The molecule has 2 saturated heterocycles. The van der Waals surface area contributed by atoms with Gasteiger partial charge in [0.05, 0.1) is 0 Å². The zero-order valence-electron chi connectivity index (χ0n) is 9.67. The Balaban J connectivity index is 2.02. The van der Waals surface area contributed by atoms with Gasteiger partial charge in [0.25, 0.3) is 10.2 Å². The van der Waals surface area contributed by atoms with Crippen LogP contribution < -0.4 is 5.73 Å². The lowest BCUT2D eigenvalue weighted by Gasteiger charge is -2.33. The Morgan fingerprint density at radius 1 is 1.06 bits per heavy atom. The second kappa shape index (κ2) is 4.58. The summed E-state index contributed by atoms with van der Waals surface area (Å²) < 4.78 is 27.5. The monoisotopic (exact) mass is 248 g/mol. The lowest BCUT2D eigenvalue weighted by Crippen LogP contribution is -2.51. The third-order valence-corrected chi connectivity index (χ3v) is 5.30. The highest BCUT2D eigenvalue weighted by atomic mass is 32.2. The quantitative estimate of drug-likeness (QED) is 0.646. The number of likely N-dealkylation sites (N-methyl/N-ethyl adjacent to an activating group) is 1. The van der Waals surface area contributed by atoms with E-state index in [-0.39, 0.29) is 6.04 Å². The van der Waals surface area contributed by atoms with E-state index in [2.05, 4.69) is 4.90 Å². The van der Waals surface area contributed by atoms with Gasteiger partial charge in [-0.2, -0.15) is 17.0 Å². The number of rotatable bonds is 2. The first-order chi connectivity index (χ1) is 7.50. The van der Waals surface area contributed by atoms with Crippen LogP contribution in [0.15, 0.2) is 0 Å². The second-order valence-corrected chi connectivity index (χ2v) is 6.55. The van der Waals surface area contributed by atoms with Gasteiger partial charge in [0.1, 0.15) is 0 Å². The van der Waals surface area contributed by atoms with Gasteiger partial charge < -0.3 is 10.6 Å². The van der Waals surface area contributed by atoms with Crippen LogP contribution in [0.2, 0.25) is 0 Å². The SMILES string of the molecule is CN1CCN(S(=O)(=O)N2CCC(N)C2)CC1. The van der Waals surface area contributed by atoms with Crippen molar-refractivity contribution in [2.24, 2.45) is 5.73 Å². The molecule has 1 unspecified atom stereocenters. The van der Waals surface area contributed by atoms with Crippen molar-refractivity contribution in [1.29, 1.82) is 0 Å². The minimum atomic E-state index is -3.26. The molecule has 0 amide bonds. The van der Waals surface area contributed by atoms with E-state index in [0.29, 0.717) is 26.2 Å². The molecule has 0 saturated carbocycles. The molecule has 1 atom stereocenters. The minimum Gasteiger partial charge on any atom is -0.326 e. The molecule has 7 heteroatoms. The summed E-state index contributed by atoms with van der Waals surface area (Å²) in [5.41, 5.74) is 5.74. The molecule has 6 nitrogen and oxygen atoms in total. The summed E-state index contributed by atoms with van der Waals surface area (Å²) >= 11 is 0. The Morgan fingerprint density at radius 3 is 2.19 bits per heavy atom. The van der Waals surface area contributed by atoms with Crippen LogP contribution in [-0.4, -0.2) is 74.3 Å². The summed E-state index contributed by atoms with van der Waals surface area (Å²) in [6, 6.07) is 0.00207. The number of hydrogen-bond donors (Lipinski definition) is 1. The molecule has 0 aromatic heterocycles. The second-order valence-electron chi connectivity index (χ2n) is 4.62. The van der Waals surface area contributed by atoms with Crippen molar-refractivity contribution in [1.82, 2.24) is 13.5 Å². The van der Waals surface area contributed by atoms with Gasteiger partial charge in [0, 0.05) is 45.3 Å². The summed E-state index contributed by atoms with van der Waals surface area (Å²) in [7, 11) is -1.25. The van der Waals surface area contributed by atoms with Crippen molar-refractivity contribution in [3.05, 3.63) is 0 Å². The van der Waals surface area contributed by atoms with E-state index in [1.807, 2.05) is 7.05 Å². The van der Waals surface area contributed by atoms with Crippen LogP contribution in [0.5, 0.6) is 0 Å². The molecule has 0 aliphatic carbocycles. The van der Waals surface area contributed by atoms with Gasteiger partial charge in [-0.25, -0.2) is 0 Å². The van der Waals surface area contributed by atoms with Crippen molar-refractivity contribution >= 4 is 10.2 Å². The average molecular weight is 248 g/mol. The first kappa shape index (κ1) is 12.3. The molecule has 0 bridgehead atoms. The van der Waals surface area contributed by atoms with Gasteiger partial charge in [-0.1, -0.05) is 0 Å². The van der Waals surface area contributed by atoms with Gasteiger partial charge in [0.15, 0.2) is 0 Å². The van der Waals surface area contributed by atoms with Crippen molar-refractivity contribution in [3.63, 3.8) is 0 Å². The van der Waals surface area contributed by atoms with Crippen LogP contribution in [0.1, 0.15) is 6.42 Å². The van der Waals surface area contributed by atoms with E-state index >= 15 is 0 Å². The summed E-state index contributed by atoms with van der Waals surface area (Å²) in [6.07, 6.45) is 0.771. The van der Waals surface area contributed by atoms with Crippen LogP contribution in [0, 0.1) is 0 Å². The first-order valence-electron chi connectivity index (χ1n) is 5.69. The molecule has 2 aliphatic heterocycles. The largest absolute Gasteiger partial charge is 0.326 e. The highest BCUT2D eigenvalue weighted by molar-refractivity contribution is 7.86. The number of piperazine rings is 1. The molecule has 2 rings (SSSR count). The Bertz CT molecular complexity index is 337. The zero-order valence-corrected chi connectivity index (χ0v) is 10.5. The van der Waals surface area contributed by atoms with Crippen molar-refractivity contribution in [2.45, 2.75) is 12.5 Å². The number of hydrogen-bond acceptors (Lipinski definition) is 4. The van der Waals surface area contributed by atoms with Crippen LogP contribution in [0.25, 0.3) is 0 Å². The summed E-state index contributed by atoms with van der Waals surface area (Å²) in [5.74, 6) is 0. The smallest absolute Gasteiger partial charge is 0.282 e. The normalized spacial score (nSPS) is 31.0. The van der Waals surface area contributed by atoms with Gasteiger partial charge in [0.2, 0.25) is 0 Å². The molecule has 94 valence electrons. The molecule has 0 aromatic carbocycles. The van der Waals surface area contributed by atoms with E-state index in [1.54, 1.807) is 4.31 Å². The predicted molar refractivity (Wildman–Crippen MR) is 62.2 cm³/mol. The Hall–Kier alpha value is -0.210. The van der Waals surface area contributed by atoms with E-state index in [0.717, 1.165) is 19.5 Å². The molecule has 0 spiro atoms. The highest BCUT2D eigenvalue weighted by Crippen LogP contribution is 2.17. The topological polar surface area (TPSA) is 69.9 Å². The summed E-state index contributed by atoms with van der Waals surface area (Å²) in [5, 5.41) is 0. The molecular formula is C9H20N4O2S. The lowest BCUT2D eigenvalue weighted by atomic mass is 10.3. The standard InChI is InChI=1S/C9H20N4O2S/c1-11-4-6-12(7-5-11)16(14,15)13-3-2-9(10)8-13/h9H,2-8,10H2,1H3. The maximum absolute atomic E-state index is 12.2. The van der Waals surface area contributed by atoms with Crippen molar-refractivity contribution in [2.75, 3.05) is 46.3 Å². The summed E-state index contributed by atoms with van der Waals surface area (Å²) in [4.78, 5) is 2.14. The maximum Gasteiger partial charge on any atom is 0.282 e. The fraction of sp³-hybridized carbons (Fsp3) is 1.00. The minimum absolute atomic E-state index is 0.00207. The van der Waals surface area contributed by atoms with E-state index in [4.69, 9.17) is 5.73 Å². The average Bonchev–Trinajstić information content (AvgIpc) is 2.66. The Labute approximate surface area is 97.2 Å². The molecular weight excluding hydrogens is 228 g/mol. The predicted octanol–water partition coefficient (Wildman–Crippen LogP) is -1.49. The van der Waals surface area contributed by atoms with E-state index in [1.165, 1.54) is 4.31 Å². The van der Waals surface area contributed by atoms with Crippen molar-refractivity contribution < 1.29 is 8.42 Å². The zero-order chi connectivity index (χ0) is 11.8. The highest BCUT2D eigenvalue weighted by Gasteiger charge is 2.35. The van der Waals surface area contributed by atoms with Crippen LogP contribution in [0.3, 0.4) is 0 Å². The molecule has 2 fully saturated rings. The Kier molecular flexibility index (Phi) is 3.50. The fourth-order valence-corrected chi connectivity index (χ4v) is 3.81. The molecule has 2 heterocycles. The van der Waals surface area contributed by atoms with E-state index < -0.39 is 10.2 Å². The molecule has 0 aromatic rings. The molecule has 16 heavy (non-hydrogen) atoms. The fourth-order valence-electron chi connectivity index (χ4n) is 2.15.